The van der Waals surface area contributed by atoms with Gasteiger partial charge in [0.25, 0.3) is 5.91 Å². The smallest absolute Gasteiger partial charge is 0.273 e. The van der Waals surface area contributed by atoms with Gasteiger partial charge in [-0.25, -0.2) is 4.98 Å². The maximum Gasteiger partial charge on any atom is 0.273 e. The number of thiazole rings is 1. The van der Waals surface area contributed by atoms with Crippen molar-refractivity contribution in [2.24, 2.45) is 5.92 Å². The zero-order valence-corrected chi connectivity index (χ0v) is 17.6. The fraction of sp³-hybridized carbons (Fsp3) is 0.579. The van der Waals surface area contributed by atoms with Gasteiger partial charge in [0.15, 0.2) is 0 Å². The summed E-state index contributed by atoms with van der Waals surface area (Å²) < 4.78 is 6.99. The van der Waals surface area contributed by atoms with Crippen molar-refractivity contribution in [3.63, 3.8) is 0 Å². The molecule has 8 nitrogen and oxygen atoms in total. The fourth-order valence-electron chi connectivity index (χ4n) is 3.16. The van der Waals surface area contributed by atoms with Crippen LogP contribution in [0, 0.1) is 19.8 Å². The van der Waals surface area contributed by atoms with Crippen LogP contribution in [0.2, 0.25) is 0 Å². The van der Waals surface area contributed by atoms with Crippen molar-refractivity contribution in [3.8, 4) is 0 Å². The zero-order valence-electron chi connectivity index (χ0n) is 16.8. The first-order valence-corrected chi connectivity index (χ1v) is 10.4. The Balaban J connectivity index is 1.68. The van der Waals surface area contributed by atoms with Crippen LogP contribution < -0.4 is 5.32 Å². The molecule has 1 fully saturated rings. The Kier molecular flexibility index (Phi) is 6.46. The van der Waals surface area contributed by atoms with Gasteiger partial charge in [-0.05, 0) is 25.8 Å². The molecule has 0 unspecified atom stereocenters. The lowest BCUT2D eigenvalue weighted by molar-refractivity contribution is -0.123. The molecule has 1 aliphatic rings. The summed E-state index contributed by atoms with van der Waals surface area (Å²) >= 11 is 1.41. The first-order chi connectivity index (χ1) is 13.3. The summed E-state index contributed by atoms with van der Waals surface area (Å²) in [5, 5.41) is 9.91. The predicted octanol–water partition coefficient (Wildman–Crippen LogP) is 1.94. The minimum Gasteiger partial charge on any atom is -0.378 e. The number of carbonyl (C=O) groups is 2. The number of rotatable bonds is 6. The molecule has 0 aromatic carbocycles. The van der Waals surface area contributed by atoms with Crippen LogP contribution in [0.5, 0.6) is 0 Å². The highest BCUT2D eigenvalue weighted by Gasteiger charge is 2.26. The highest BCUT2D eigenvalue weighted by molar-refractivity contribution is 7.09. The topological polar surface area (TPSA) is 89.4 Å². The van der Waals surface area contributed by atoms with Gasteiger partial charge in [0.05, 0.1) is 24.9 Å². The second kappa shape index (κ2) is 8.83. The Bertz CT molecular complexity index is 838. The van der Waals surface area contributed by atoms with Gasteiger partial charge in [-0.2, -0.15) is 5.10 Å². The van der Waals surface area contributed by atoms with E-state index in [1.807, 2.05) is 33.8 Å². The van der Waals surface area contributed by atoms with Gasteiger partial charge in [-0.15, -0.1) is 11.3 Å². The summed E-state index contributed by atoms with van der Waals surface area (Å²) in [4.78, 5) is 31.5. The number of nitrogens with one attached hydrogen (secondary N) is 1. The highest BCUT2D eigenvalue weighted by Crippen LogP contribution is 2.25. The monoisotopic (exact) mass is 405 g/mol. The lowest BCUT2D eigenvalue weighted by Gasteiger charge is -2.26. The Labute approximate surface area is 168 Å². The summed E-state index contributed by atoms with van der Waals surface area (Å²) in [7, 11) is 0. The molecule has 152 valence electrons. The Morgan fingerprint density at radius 3 is 2.61 bits per heavy atom. The van der Waals surface area contributed by atoms with Crippen LogP contribution in [-0.4, -0.2) is 57.8 Å². The minimum absolute atomic E-state index is 0.0812. The maximum absolute atomic E-state index is 12.6. The summed E-state index contributed by atoms with van der Waals surface area (Å²) in [6.07, 6.45) is 0. The normalized spacial score (nSPS) is 15.7. The number of amides is 2. The van der Waals surface area contributed by atoms with Gasteiger partial charge in [0.1, 0.15) is 17.2 Å². The lowest BCUT2D eigenvalue weighted by atomic mass is 10.1. The van der Waals surface area contributed by atoms with E-state index >= 15 is 0 Å². The molecule has 2 amide bonds. The van der Waals surface area contributed by atoms with E-state index in [4.69, 9.17) is 4.74 Å². The van der Waals surface area contributed by atoms with Crippen LogP contribution in [0.4, 0.5) is 0 Å². The van der Waals surface area contributed by atoms with E-state index in [1.165, 1.54) is 11.3 Å². The van der Waals surface area contributed by atoms with Crippen molar-refractivity contribution in [2.75, 3.05) is 26.3 Å². The van der Waals surface area contributed by atoms with E-state index in [9.17, 15) is 9.59 Å². The number of carbonyl (C=O) groups excluding carboxylic acids is 2. The van der Waals surface area contributed by atoms with Crippen LogP contribution in [0.15, 0.2) is 11.4 Å². The van der Waals surface area contributed by atoms with Crippen molar-refractivity contribution in [2.45, 2.75) is 40.3 Å². The molecule has 28 heavy (non-hydrogen) atoms. The van der Waals surface area contributed by atoms with Crippen LogP contribution in [-0.2, 0) is 16.1 Å². The lowest BCUT2D eigenvalue weighted by Crippen LogP contribution is -2.41. The Hall–Kier alpha value is -2.26. The number of morpholine rings is 1. The molecule has 9 heteroatoms. The van der Waals surface area contributed by atoms with Crippen LogP contribution in [0.3, 0.4) is 0 Å². The Morgan fingerprint density at radius 2 is 2.00 bits per heavy atom. The summed E-state index contributed by atoms with van der Waals surface area (Å²) in [6.45, 7) is 10.3. The highest BCUT2D eigenvalue weighted by atomic mass is 32.1. The van der Waals surface area contributed by atoms with E-state index in [-0.39, 0.29) is 30.3 Å². The first kappa shape index (κ1) is 20.5. The standard InChI is InChI=1S/C19H27N5O3S/c1-12(2)17(21-16(25)10-24-14(4)9-13(3)22-24)18-20-15(11-28-18)19(26)23-5-7-27-8-6-23/h9,11-12,17H,5-8,10H2,1-4H3,(H,21,25)/t17-/m1/s1. The van der Waals surface area contributed by atoms with Crippen molar-refractivity contribution in [1.29, 1.82) is 0 Å². The van der Waals surface area contributed by atoms with Crippen LogP contribution >= 0.6 is 11.3 Å². The molecule has 0 aliphatic carbocycles. The van der Waals surface area contributed by atoms with Crippen molar-refractivity contribution >= 4 is 23.2 Å². The average Bonchev–Trinajstić information content (AvgIpc) is 3.26. The predicted molar refractivity (Wildman–Crippen MR) is 106 cm³/mol. The van der Waals surface area contributed by atoms with Crippen LogP contribution in [0.1, 0.15) is 46.8 Å². The molecule has 0 saturated carbocycles. The zero-order chi connectivity index (χ0) is 20.3. The van der Waals surface area contributed by atoms with Gasteiger partial charge in [-0.3, -0.25) is 14.3 Å². The molecule has 3 heterocycles. The van der Waals surface area contributed by atoms with Gasteiger partial charge in [0, 0.05) is 24.2 Å². The second-order valence-electron chi connectivity index (χ2n) is 7.35. The van der Waals surface area contributed by atoms with Crippen molar-refractivity contribution in [1.82, 2.24) is 25.0 Å². The molecule has 0 radical (unpaired) electrons. The SMILES string of the molecule is Cc1cc(C)n(CC(=O)N[C@@H](c2nc(C(=O)N3CCOCC3)cs2)C(C)C)n1. The second-order valence-corrected chi connectivity index (χ2v) is 8.24. The molecule has 2 aromatic rings. The van der Waals surface area contributed by atoms with Gasteiger partial charge in [-0.1, -0.05) is 13.8 Å². The van der Waals surface area contributed by atoms with E-state index in [0.717, 1.165) is 16.4 Å². The molecule has 1 atom stereocenters. The molecular formula is C19H27N5O3S. The Morgan fingerprint density at radius 1 is 1.29 bits per heavy atom. The third kappa shape index (κ3) is 4.77. The third-order valence-corrected chi connectivity index (χ3v) is 5.61. The summed E-state index contributed by atoms with van der Waals surface area (Å²) in [5.74, 6) is -0.0645. The van der Waals surface area contributed by atoms with E-state index in [1.54, 1.807) is 15.0 Å². The number of aromatic nitrogens is 3. The van der Waals surface area contributed by atoms with Crippen LogP contribution in [0.25, 0.3) is 0 Å². The fourth-order valence-corrected chi connectivity index (χ4v) is 4.18. The number of hydrogen-bond acceptors (Lipinski definition) is 6. The quantitative estimate of drug-likeness (QED) is 0.793. The van der Waals surface area contributed by atoms with E-state index < -0.39 is 0 Å². The maximum atomic E-state index is 12.6. The van der Waals surface area contributed by atoms with Crippen molar-refractivity contribution < 1.29 is 14.3 Å². The van der Waals surface area contributed by atoms with E-state index in [0.29, 0.717) is 32.0 Å². The van der Waals surface area contributed by atoms with Gasteiger partial charge in [0.2, 0.25) is 5.91 Å². The largest absolute Gasteiger partial charge is 0.378 e. The molecule has 3 rings (SSSR count). The molecule has 2 aromatic heterocycles. The molecule has 0 bridgehead atoms. The number of aryl methyl sites for hydroxylation is 2. The minimum atomic E-state index is -0.249. The van der Waals surface area contributed by atoms with Gasteiger partial charge >= 0.3 is 0 Å². The number of hydrogen-bond donors (Lipinski definition) is 1. The number of nitrogens with zero attached hydrogens (tertiary/aromatic N) is 4. The summed E-state index contributed by atoms with van der Waals surface area (Å²) in [6, 6.07) is 1.69. The molecule has 1 saturated heterocycles. The first-order valence-electron chi connectivity index (χ1n) is 9.48. The third-order valence-electron chi connectivity index (χ3n) is 4.69. The molecular weight excluding hydrogens is 378 g/mol. The van der Waals surface area contributed by atoms with Crippen molar-refractivity contribution in [3.05, 3.63) is 33.5 Å². The van der Waals surface area contributed by atoms with E-state index in [2.05, 4.69) is 15.4 Å². The molecule has 0 spiro atoms. The van der Waals surface area contributed by atoms with Gasteiger partial charge < -0.3 is 15.0 Å². The number of ether oxygens (including phenoxy) is 1. The summed E-state index contributed by atoms with van der Waals surface area (Å²) in [5.41, 5.74) is 2.26. The average molecular weight is 406 g/mol. The molecule has 1 N–H and O–H groups in total. The molecule has 1 aliphatic heterocycles.